The molecule has 0 radical (unpaired) electrons. The Balaban J connectivity index is 1.68. The fourth-order valence-corrected chi connectivity index (χ4v) is 5.57. The summed E-state index contributed by atoms with van der Waals surface area (Å²) in [5.74, 6) is 0.321. The summed E-state index contributed by atoms with van der Waals surface area (Å²) in [6, 6.07) is 17.4. The highest BCUT2D eigenvalue weighted by molar-refractivity contribution is 8.05. The third-order valence-corrected chi connectivity index (χ3v) is 6.96. The molecule has 1 aliphatic rings. The number of nitrogens with zero attached hydrogens (tertiary/aromatic N) is 2. The van der Waals surface area contributed by atoms with Gasteiger partial charge in [-0.15, -0.1) is 0 Å². The third kappa shape index (κ3) is 5.88. The van der Waals surface area contributed by atoms with Gasteiger partial charge < -0.3 is 14.5 Å². The van der Waals surface area contributed by atoms with Gasteiger partial charge in [0.05, 0.1) is 24.7 Å². The maximum absolute atomic E-state index is 13.6. The number of hydrogen-bond donors (Lipinski definition) is 1. The largest absolute Gasteiger partial charge is 0.494 e. The van der Waals surface area contributed by atoms with Crippen molar-refractivity contribution in [1.29, 1.82) is 5.26 Å². The second-order valence-electron chi connectivity index (χ2n) is 7.74. The molecule has 0 bridgehead atoms. The number of nitrogens with one attached hydrogen (secondary N) is 1. The molecule has 7 nitrogen and oxygen atoms in total. The Hall–Kier alpha value is -3.38. The average Bonchev–Trinajstić information content (AvgIpc) is 3.47. The van der Waals surface area contributed by atoms with E-state index >= 15 is 0 Å². The highest BCUT2D eigenvalue weighted by Gasteiger charge is 2.41. The Morgan fingerprint density at radius 1 is 1.19 bits per heavy atom. The van der Waals surface area contributed by atoms with Gasteiger partial charge in [0.1, 0.15) is 28.2 Å². The number of ether oxygens (including phenoxy) is 1. The molecule has 0 spiro atoms. The van der Waals surface area contributed by atoms with Crippen molar-refractivity contribution in [3.05, 3.63) is 92.8 Å². The second kappa shape index (κ2) is 11.6. The Morgan fingerprint density at radius 3 is 2.53 bits per heavy atom. The van der Waals surface area contributed by atoms with Gasteiger partial charge in [-0.2, -0.15) is 5.26 Å². The summed E-state index contributed by atoms with van der Waals surface area (Å²) in [7, 11) is 0. The molecule has 4 rings (SSSR count). The molecule has 1 atom stereocenters. The molecule has 1 aromatic heterocycles. The Morgan fingerprint density at radius 2 is 1.92 bits per heavy atom. The van der Waals surface area contributed by atoms with Gasteiger partial charge in [-0.3, -0.25) is 14.5 Å². The van der Waals surface area contributed by atoms with E-state index in [0.717, 1.165) is 17.3 Å². The second-order valence-corrected chi connectivity index (χ2v) is 9.81. The van der Waals surface area contributed by atoms with Crippen molar-refractivity contribution in [3.63, 3.8) is 0 Å². The lowest BCUT2D eigenvalue weighted by molar-refractivity contribution is -0.117. The lowest BCUT2D eigenvalue weighted by Gasteiger charge is -2.19. The molecule has 1 N–H and O–H groups in total. The topological polar surface area (TPSA) is 95.6 Å². The van der Waals surface area contributed by atoms with Crippen LogP contribution in [0.3, 0.4) is 0 Å². The molecule has 3 aromatic rings. The Labute approximate surface area is 222 Å². The minimum atomic E-state index is -0.605. The zero-order valence-corrected chi connectivity index (χ0v) is 21.5. The molecule has 10 heteroatoms. The van der Waals surface area contributed by atoms with Gasteiger partial charge in [0.2, 0.25) is 5.91 Å². The molecule has 0 saturated carbocycles. The summed E-state index contributed by atoms with van der Waals surface area (Å²) in [6.07, 6.45) is 1.81. The zero-order chi connectivity index (χ0) is 25.7. The highest BCUT2D eigenvalue weighted by Crippen LogP contribution is 2.42. The van der Waals surface area contributed by atoms with Gasteiger partial charge in [0, 0.05) is 15.7 Å². The number of rotatable bonds is 8. The van der Waals surface area contributed by atoms with Gasteiger partial charge in [-0.05, 0) is 73.5 Å². The Bertz CT molecular complexity index is 1310. The van der Waals surface area contributed by atoms with Crippen molar-refractivity contribution in [3.8, 4) is 11.8 Å². The standard InChI is InChI=1S/C26H21Cl2N3O4S/c1-2-34-20-7-5-19(6-8-20)31-25(33)23(12-16-10-17(27)13-18(28)11-16)36-26(31)22(14-29)24(32)30-15-21-4-3-9-35-21/h3-11,13,23H,2,12,15H2,1H3,(H,30,32)/b26-22-. The molecule has 1 unspecified atom stereocenters. The predicted molar refractivity (Wildman–Crippen MR) is 140 cm³/mol. The fourth-order valence-electron chi connectivity index (χ4n) is 3.69. The molecule has 2 aromatic carbocycles. The SMILES string of the molecule is CCOc1ccc(N2C(=O)C(Cc3cc(Cl)cc(Cl)c3)S/C2=C(/C#N)C(=O)NCc2ccco2)cc1. The van der Waals surface area contributed by atoms with E-state index in [1.807, 2.05) is 13.0 Å². The van der Waals surface area contributed by atoms with Crippen molar-refractivity contribution in [2.75, 3.05) is 11.5 Å². The number of benzene rings is 2. The van der Waals surface area contributed by atoms with Crippen LogP contribution in [-0.4, -0.2) is 23.7 Å². The number of nitriles is 1. The molecule has 36 heavy (non-hydrogen) atoms. The molecule has 2 amide bonds. The van der Waals surface area contributed by atoms with Gasteiger partial charge in [-0.25, -0.2) is 0 Å². The maximum Gasteiger partial charge on any atom is 0.265 e. The number of carbonyl (C=O) groups is 2. The molecule has 184 valence electrons. The number of thioether (sulfide) groups is 1. The van der Waals surface area contributed by atoms with Crippen LogP contribution in [0.1, 0.15) is 18.2 Å². The van der Waals surface area contributed by atoms with Crippen molar-refractivity contribution in [2.24, 2.45) is 0 Å². The van der Waals surface area contributed by atoms with E-state index in [-0.39, 0.29) is 23.1 Å². The summed E-state index contributed by atoms with van der Waals surface area (Å²) in [6.45, 7) is 2.49. The van der Waals surface area contributed by atoms with Crippen molar-refractivity contribution >= 4 is 52.5 Å². The lowest BCUT2D eigenvalue weighted by atomic mass is 10.1. The van der Waals surface area contributed by atoms with Crippen LogP contribution >= 0.6 is 35.0 Å². The summed E-state index contributed by atoms with van der Waals surface area (Å²) in [5.41, 5.74) is 1.12. The van der Waals surface area contributed by atoms with Gasteiger partial charge >= 0.3 is 0 Å². The summed E-state index contributed by atoms with van der Waals surface area (Å²) >= 11 is 13.5. The molecule has 2 heterocycles. The van der Waals surface area contributed by atoms with Crippen molar-refractivity contribution in [2.45, 2.75) is 25.1 Å². The third-order valence-electron chi connectivity index (χ3n) is 5.26. The van der Waals surface area contributed by atoms with E-state index in [0.29, 0.717) is 40.3 Å². The zero-order valence-electron chi connectivity index (χ0n) is 19.2. The number of amides is 2. The molecular weight excluding hydrogens is 521 g/mol. The van der Waals surface area contributed by atoms with Gasteiger partial charge in [-0.1, -0.05) is 35.0 Å². The van der Waals surface area contributed by atoms with E-state index in [1.165, 1.54) is 11.2 Å². The van der Waals surface area contributed by atoms with E-state index in [4.69, 9.17) is 32.4 Å². The summed E-state index contributed by atoms with van der Waals surface area (Å²) < 4.78 is 10.8. The van der Waals surface area contributed by atoms with Crippen LogP contribution in [0.15, 0.2) is 75.9 Å². The minimum Gasteiger partial charge on any atom is -0.494 e. The van der Waals surface area contributed by atoms with Gasteiger partial charge in [0.25, 0.3) is 5.91 Å². The smallest absolute Gasteiger partial charge is 0.265 e. The van der Waals surface area contributed by atoms with Crippen LogP contribution in [0.2, 0.25) is 10.0 Å². The van der Waals surface area contributed by atoms with Gasteiger partial charge in [0.15, 0.2) is 0 Å². The maximum atomic E-state index is 13.6. The van der Waals surface area contributed by atoms with E-state index in [2.05, 4.69) is 5.32 Å². The Kier molecular flexibility index (Phi) is 8.26. The first kappa shape index (κ1) is 25.7. The normalized spacial score (nSPS) is 16.6. The quantitative estimate of drug-likeness (QED) is 0.289. The van der Waals surface area contributed by atoms with Crippen molar-refractivity contribution in [1.82, 2.24) is 5.32 Å². The van der Waals surface area contributed by atoms with Crippen LogP contribution in [0.5, 0.6) is 5.75 Å². The lowest BCUT2D eigenvalue weighted by Crippen LogP contribution is -2.32. The first-order valence-electron chi connectivity index (χ1n) is 11.0. The monoisotopic (exact) mass is 541 g/mol. The molecular formula is C26H21Cl2N3O4S. The number of hydrogen-bond acceptors (Lipinski definition) is 6. The first-order chi connectivity index (χ1) is 17.4. The number of carbonyl (C=O) groups excluding carboxylic acids is 2. The van der Waals surface area contributed by atoms with E-state index < -0.39 is 11.2 Å². The minimum absolute atomic E-state index is 0.108. The molecule has 1 saturated heterocycles. The molecule has 0 aliphatic carbocycles. The van der Waals surface area contributed by atoms with E-state index in [1.54, 1.807) is 54.6 Å². The predicted octanol–water partition coefficient (Wildman–Crippen LogP) is 5.73. The number of halogens is 2. The van der Waals surface area contributed by atoms with E-state index in [9.17, 15) is 14.9 Å². The van der Waals surface area contributed by atoms with Crippen molar-refractivity contribution < 1.29 is 18.7 Å². The number of anilines is 1. The van der Waals surface area contributed by atoms with Crippen LogP contribution < -0.4 is 15.0 Å². The van der Waals surface area contributed by atoms with Crippen LogP contribution in [0.25, 0.3) is 0 Å². The van der Waals surface area contributed by atoms with Crippen LogP contribution in [-0.2, 0) is 22.6 Å². The highest BCUT2D eigenvalue weighted by atomic mass is 35.5. The summed E-state index contributed by atoms with van der Waals surface area (Å²) in [4.78, 5) is 28.0. The molecule has 1 aliphatic heterocycles. The fraction of sp³-hybridized carbons (Fsp3) is 0.192. The average molecular weight is 542 g/mol. The molecule has 1 fully saturated rings. The van der Waals surface area contributed by atoms with Crippen LogP contribution in [0.4, 0.5) is 5.69 Å². The first-order valence-corrected chi connectivity index (χ1v) is 12.7. The summed E-state index contributed by atoms with van der Waals surface area (Å²) in [5, 5.41) is 13.2. The van der Waals surface area contributed by atoms with Crippen LogP contribution in [0, 0.1) is 11.3 Å². The number of furan rings is 1.